The van der Waals surface area contributed by atoms with Crippen LogP contribution in [-0.4, -0.2) is 16.5 Å². The molecule has 0 aliphatic carbocycles. The average molecular weight is 267 g/mol. The molecule has 18 heavy (non-hydrogen) atoms. The molecule has 0 atom stereocenters. The maximum atomic E-state index is 11.8. The van der Waals surface area contributed by atoms with E-state index in [0.29, 0.717) is 11.3 Å². The molecular formula is C12H11ClN2O3. The van der Waals surface area contributed by atoms with E-state index in [0.717, 1.165) is 5.39 Å². The molecule has 1 aromatic carbocycles. The minimum absolute atomic E-state index is 0.259. The molecule has 2 rings (SSSR count). The van der Waals surface area contributed by atoms with Crippen LogP contribution in [0.4, 0.5) is 4.79 Å². The van der Waals surface area contributed by atoms with Crippen LogP contribution < -0.4 is 9.61 Å². The van der Waals surface area contributed by atoms with Gasteiger partial charge in [-0.2, -0.15) is 0 Å². The first-order chi connectivity index (χ1) is 8.65. The van der Waals surface area contributed by atoms with Gasteiger partial charge in [0.15, 0.2) is 0 Å². The van der Waals surface area contributed by atoms with Gasteiger partial charge in [-0.05, 0) is 24.3 Å². The van der Waals surface area contributed by atoms with E-state index in [1.807, 2.05) is 0 Å². The van der Waals surface area contributed by atoms with E-state index in [4.69, 9.17) is 11.9 Å². The third-order valence-electron chi connectivity index (χ3n) is 2.54. The molecule has 6 heteroatoms. The Hall–Kier alpha value is -2.01. The fourth-order valence-corrected chi connectivity index (χ4v) is 1.71. The number of carbonyl (C=O) groups is 2. The van der Waals surface area contributed by atoms with Crippen molar-refractivity contribution in [3.63, 3.8) is 0 Å². The number of rotatable bonds is 2. The van der Waals surface area contributed by atoms with Crippen LogP contribution in [0.15, 0.2) is 30.5 Å². The number of aromatic nitrogens is 1. The highest BCUT2D eigenvalue weighted by molar-refractivity contribution is 6.09. The van der Waals surface area contributed by atoms with Gasteiger partial charge >= 0.3 is 6.03 Å². The van der Waals surface area contributed by atoms with Gasteiger partial charge < -0.3 is 4.29 Å². The molecule has 0 saturated carbocycles. The third kappa shape index (κ3) is 2.31. The van der Waals surface area contributed by atoms with Crippen molar-refractivity contribution in [1.29, 1.82) is 0 Å². The zero-order valence-corrected chi connectivity index (χ0v) is 10.4. The van der Waals surface area contributed by atoms with Crippen molar-refractivity contribution in [2.75, 3.05) is 0 Å². The molecule has 5 nitrogen and oxygen atoms in total. The Morgan fingerprint density at radius 3 is 2.83 bits per heavy atom. The maximum absolute atomic E-state index is 11.8. The van der Waals surface area contributed by atoms with Crippen LogP contribution in [-0.2, 0) is 4.79 Å². The van der Waals surface area contributed by atoms with E-state index < -0.39 is 6.03 Å². The number of halogens is 1. The molecular weight excluding hydrogens is 256 g/mol. The Morgan fingerprint density at radius 2 is 2.17 bits per heavy atom. The van der Waals surface area contributed by atoms with Gasteiger partial charge in [0.25, 0.3) is 0 Å². The fraction of sp³-hybridized carbons (Fsp3) is 0.167. The van der Waals surface area contributed by atoms with Crippen molar-refractivity contribution in [1.82, 2.24) is 9.88 Å². The summed E-state index contributed by atoms with van der Waals surface area (Å²) >= 11 is 5.25. The maximum Gasteiger partial charge on any atom is 0.332 e. The number of fused-ring (bicyclic) bond motifs is 1. The molecule has 1 heterocycles. The van der Waals surface area contributed by atoms with Crippen molar-refractivity contribution in [2.45, 2.75) is 13.3 Å². The molecule has 0 spiro atoms. The predicted molar refractivity (Wildman–Crippen MR) is 67.6 cm³/mol. The van der Waals surface area contributed by atoms with Crippen LogP contribution in [0.3, 0.4) is 0 Å². The molecule has 94 valence electrons. The first-order valence-electron chi connectivity index (χ1n) is 5.39. The summed E-state index contributed by atoms with van der Waals surface area (Å²) in [4.78, 5) is 23.0. The standard InChI is InChI=1S/C12H11ClN2O3/c1-2-11(16)14-12(17)15-6-5-8-7-9(18-13)3-4-10(8)15/h3-7H,2H2,1H3,(H,14,16,17). The van der Waals surface area contributed by atoms with Gasteiger partial charge in [0.2, 0.25) is 5.91 Å². The second-order valence-electron chi connectivity index (χ2n) is 3.69. The molecule has 2 aromatic rings. The monoisotopic (exact) mass is 266 g/mol. The molecule has 0 fully saturated rings. The SMILES string of the molecule is CCC(=O)NC(=O)n1ccc2cc(OCl)ccc21. The van der Waals surface area contributed by atoms with Crippen LogP contribution in [0.5, 0.6) is 5.75 Å². The molecule has 1 aromatic heterocycles. The number of carbonyl (C=O) groups excluding carboxylic acids is 2. The Labute approximate surface area is 108 Å². The molecule has 0 bridgehead atoms. The summed E-state index contributed by atoms with van der Waals surface area (Å²) in [5.41, 5.74) is 0.675. The fourth-order valence-electron chi connectivity index (χ4n) is 1.61. The normalized spacial score (nSPS) is 10.3. The van der Waals surface area contributed by atoms with Crippen LogP contribution in [0.25, 0.3) is 10.9 Å². The molecule has 0 unspecified atom stereocenters. The van der Waals surface area contributed by atoms with E-state index in [2.05, 4.69) is 9.61 Å². The minimum atomic E-state index is -0.476. The largest absolute Gasteiger partial charge is 0.386 e. The van der Waals surface area contributed by atoms with Gasteiger partial charge in [0, 0.05) is 18.0 Å². The van der Waals surface area contributed by atoms with E-state index in [1.54, 1.807) is 37.4 Å². The van der Waals surface area contributed by atoms with Gasteiger partial charge in [0.1, 0.15) is 17.6 Å². The average Bonchev–Trinajstić information content (AvgIpc) is 2.81. The van der Waals surface area contributed by atoms with Crippen LogP contribution in [0.2, 0.25) is 0 Å². The summed E-state index contributed by atoms with van der Waals surface area (Å²) in [7, 11) is 0. The minimum Gasteiger partial charge on any atom is -0.386 e. The van der Waals surface area contributed by atoms with Crippen molar-refractivity contribution >= 4 is 34.7 Å². The Balaban J connectivity index is 2.34. The van der Waals surface area contributed by atoms with E-state index >= 15 is 0 Å². The number of benzene rings is 1. The molecule has 0 aliphatic heterocycles. The summed E-state index contributed by atoms with van der Waals surface area (Å²) in [6.45, 7) is 1.68. The summed E-state index contributed by atoms with van der Waals surface area (Å²) in [6.07, 6.45) is 1.84. The zero-order chi connectivity index (χ0) is 13.1. The smallest absolute Gasteiger partial charge is 0.332 e. The Kier molecular flexibility index (Phi) is 3.53. The summed E-state index contributed by atoms with van der Waals surface area (Å²) in [5, 5.41) is 3.08. The molecule has 0 radical (unpaired) electrons. The van der Waals surface area contributed by atoms with Crippen LogP contribution >= 0.6 is 11.9 Å². The summed E-state index contributed by atoms with van der Waals surface area (Å²) in [6, 6.07) is 6.30. The van der Waals surface area contributed by atoms with Crippen LogP contribution in [0.1, 0.15) is 13.3 Å². The number of imide groups is 1. The molecule has 0 saturated heterocycles. The number of hydrogen-bond donors (Lipinski definition) is 1. The van der Waals surface area contributed by atoms with Crippen LogP contribution in [0, 0.1) is 0 Å². The van der Waals surface area contributed by atoms with E-state index in [9.17, 15) is 9.59 Å². The Bertz CT molecular complexity index is 606. The summed E-state index contributed by atoms with van der Waals surface area (Å²) in [5.74, 6) is 0.175. The first-order valence-corrected chi connectivity index (χ1v) is 5.70. The lowest BCUT2D eigenvalue weighted by atomic mass is 10.2. The molecule has 0 aliphatic rings. The first kappa shape index (κ1) is 12.4. The Morgan fingerprint density at radius 1 is 1.39 bits per heavy atom. The van der Waals surface area contributed by atoms with Crippen molar-refractivity contribution in [3.05, 3.63) is 30.5 Å². The van der Waals surface area contributed by atoms with E-state index in [-0.39, 0.29) is 12.3 Å². The lowest BCUT2D eigenvalue weighted by molar-refractivity contribution is -0.119. The topological polar surface area (TPSA) is 60.3 Å². The highest BCUT2D eigenvalue weighted by atomic mass is 35.5. The number of nitrogens with zero attached hydrogens (tertiary/aromatic N) is 1. The predicted octanol–water partition coefficient (Wildman–Crippen LogP) is 2.67. The lowest BCUT2D eigenvalue weighted by Gasteiger charge is -2.05. The summed E-state index contributed by atoms with van der Waals surface area (Å²) < 4.78 is 5.94. The lowest BCUT2D eigenvalue weighted by Crippen LogP contribution is -2.33. The van der Waals surface area contributed by atoms with Gasteiger partial charge in [0.05, 0.1) is 5.52 Å². The van der Waals surface area contributed by atoms with Gasteiger partial charge in [-0.25, -0.2) is 4.79 Å². The second kappa shape index (κ2) is 5.10. The quantitative estimate of drug-likeness (QED) is 0.909. The van der Waals surface area contributed by atoms with Crippen molar-refractivity contribution < 1.29 is 13.9 Å². The van der Waals surface area contributed by atoms with Gasteiger partial charge in [-0.15, -0.1) is 0 Å². The van der Waals surface area contributed by atoms with Crippen molar-refractivity contribution in [2.24, 2.45) is 0 Å². The third-order valence-corrected chi connectivity index (χ3v) is 2.72. The number of nitrogens with one attached hydrogen (secondary N) is 1. The van der Waals surface area contributed by atoms with E-state index in [1.165, 1.54) is 4.57 Å². The molecule has 1 N–H and O–H groups in total. The highest BCUT2D eigenvalue weighted by Gasteiger charge is 2.11. The van der Waals surface area contributed by atoms with Gasteiger partial charge in [-0.3, -0.25) is 14.7 Å². The van der Waals surface area contributed by atoms with Gasteiger partial charge in [-0.1, -0.05) is 6.92 Å². The van der Waals surface area contributed by atoms with Crippen molar-refractivity contribution in [3.8, 4) is 5.75 Å². The molecule has 2 amide bonds. The number of hydrogen-bond acceptors (Lipinski definition) is 3. The number of amides is 2. The zero-order valence-electron chi connectivity index (χ0n) is 9.64. The second-order valence-corrected chi connectivity index (χ2v) is 3.84. The highest BCUT2D eigenvalue weighted by Crippen LogP contribution is 2.22.